The molecule has 5 aromatic carbocycles. The maximum atomic E-state index is 12.0. The second-order valence-electron chi connectivity index (χ2n) is 13.9. The molecule has 0 atom stereocenters. The molecule has 0 bridgehead atoms. The van der Waals surface area contributed by atoms with Gasteiger partial charge in [0.25, 0.3) is 5.91 Å². The molecule has 0 fully saturated rings. The van der Waals surface area contributed by atoms with Gasteiger partial charge in [-0.05, 0) is 112 Å². The number of allylic oxidation sites excluding steroid dienone is 3. The van der Waals surface area contributed by atoms with Gasteiger partial charge in [-0.2, -0.15) is 0 Å². The average Bonchev–Trinajstić information content (AvgIpc) is 3.60. The van der Waals surface area contributed by atoms with Crippen molar-refractivity contribution in [2.24, 2.45) is 0 Å². The quantitative estimate of drug-likeness (QED) is 0.126. The van der Waals surface area contributed by atoms with E-state index in [1.807, 2.05) is 36.4 Å². The minimum absolute atomic E-state index is 0.141. The molecule has 260 valence electrons. The van der Waals surface area contributed by atoms with E-state index in [4.69, 9.17) is 4.74 Å². The molecule has 53 heavy (non-hydrogen) atoms. The number of hydrogen-bond acceptors (Lipinski definition) is 2. The third-order valence-corrected chi connectivity index (χ3v) is 10.1. The van der Waals surface area contributed by atoms with Crippen LogP contribution < -0.4 is 20.8 Å². The lowest BCUT2D eigenvalue weighted by molar-refractivity contribution is 0.0981. The van der Waals surface area contributed by atoms with Gasteiger partial charge < -0.3 is 15.0 Å². The molecule has 7 rings (SSSR count). The summed E-state index contributed by atoms with van der Waals surface area (Å²) in [7, 11) is 0. The van der Waals surface area contributed by atoms with E-state index in [0.717, 1.165) is 85.3 Å². The fourth-order valence-corrected chi connectivity index (χ4v) is 6.94. The van der Waals surface area contributed by atoms with Gasteiger partial charge in [-0.15, -0.1) is 0 Å². The van der Waals surface area contributed by atoms with E-state index in [-0.39, 0.29) is 5.91 Å². The van der Waals surface area contributed by atoms with Crippen molar-refractivity contribution >= 4 is 58.0 Å². The van der Waals surface area contributed by atoms with Crippen LogP contribution >= 0.6 is 0 Å². The van der Waals surface area contributed by atoms with E-state index in [2.05, 4.69) is 124 Å². The van der Waals surface area contributed by atoms with Crippen molar-refractivity contribution in [2.45, 2.75) is 26.2 Å². The Morgan fingerprint density at radius 1 is 0.585 bits per heavy atom. The first-order valence-electron chi connectivity index (χ1n) is 17.6. The number of rotatable bonds is 12. The first-order chi connectivity index (χ1) is 25.4. The number of aromatic nitrogens is 1. The molecule has 1 aromatic heterocycles. The van der Waals surface area contributed by atoms with E-state index in [1.165, 1.54) is 22.3 Å². The number of H-pyrrole nitrogens is 1. The molecular formula is C49H42N2O2. The zero-order valence-electron chi connectivity index (χ0n) is 30.2. The summed E-state index contributed by atoms with van der Waals surface area (Å²) in [6, 6.07) is 35.0. The first kappa shape index (κ1) is 34.8. The molecule has 6 aromatic rings. The molecule has 0 radical (unpaired) electrons. The summed E-state index contributed by atoms with van der Waals surface area (Å²) in [5.41, 5.74) is 14.1. The zero-order chi connectivity index (χ0) is 37.4. The van der Waals surface area contributed by atoms with Crippen LogP contribution in [0.2, 0.25) is 0 Å². The number of aryl methyl sites for hydroxylation is 1. The molecule has 1 aliphatic rings. The minimum atomic E-state index is -0.141. The Balaban J connectivity index is 0.926. The van der Waals surface area contributed by atoms with Crippen molar-refractivity contribution in [3.8, 4) is 5.75 Å². The lowest BCUT2D eigenvalue weighted by Gasteiger charge is -2.13. The highest BCUT2D eigenvalue weighted by Crippen LogP contribution is 2.30. The Labute approximate surface area is 311 Å². The van der Waals surface area contributed by atoms with E-state index >= 15 is 0 Å². The van der Waals surface area contributed by atoms with Gasteiger partial charge in [-0.25, -0.2) is 0 Å². The van der Waals surface area contributed by atoms with E-state index < -0.39 is 0 Å². The lowest BCUT2D eigenvalue weighted by Crippen LogP contribution is -2.11. The Kier molecular flexibility index (Phi) is 9.30. The van der Waals surface area contributed by atoms with Crippen LogP contribution in [0, 0.1) is 6.92 Å². The van der Waals surface area contributed by atoms with Crippen molar-refractivity contribution in [3.63, 3.8) is 0 Å². The van der Waals surface area contributed by atoms with E-state index in [0.29, 0.717) is 22.8 Å². The molecule has 2 heterocycles. The number of hydrogen-bond donors (Lipinski definition) is 2. The first-order valence-corrected chi connectivity index (χ1v) is 17.6. The van der Waals surface area contributed by atoms with Gasteiger partial charge in [0.1, 0.15) is 11.5 Å². The van der Waals surface area contributed by atoms with Crippen LogP contribution in [0.3, 0.4) is 0 Å². The summed E-state index contributed by atoms with van der Waals surface area (Å²) < 4.78 is 6.05. The second kappa shape index (κ2) is 14.2. The van der Waals surface area contributed by atoms with Gasteiger partial charge in [0.05, 0.1) is 0 Å². The number of aromatic amines is 1. The molecule has 2 N–H and O–H groups in total. The van der Waals surface area contributed by atoms with Crippen molar-refractivity contribution in [1.29, 1.82) is 0 Å². The monoisotopic (exact) mass is 690 g/mol. The maximum Gasteiger partial charge on any atom is 0.256 e. The number of carbonyl (C=O) groups is 1. The van der Waals surface area contributed by atoms with Crippen molar-refractivity contribution < 1.29 is 9.53 Å². The summed E-state index contributed by atoms with van der Waals surface area (Å²) in [6.07, 6.45) is 2.28. The Morgan fingerprint density at radius 2 is 1.17 bits per heavy atom. The van der Waals surface area contributed by atoms with Crippen molar-refractivity contribution in [2.75, 3.05) is 0 Å². The Morgan fingerprint density at radius 3 is 1.89 bits per heavy atom. The number of amides is 1. The van der Waals surface area contributed by atoms with Crippen LogP contribution in [0.1, 0.15) is 60.4 Å². The highest BCUT2D eigenvalue weighted by atomic mass is 16.5. The molecule has 0 saturated carbocycles. The normalized spacial score (nSPS) is 12.0. The minimum Gasteiger partial charge on any atom is -0.457 e. The third-order valence-electron chi connectivity index (χ3n) is 10.1. The van der Waals surface area contributed by atoms with Crippen LogP contribution in [0.5, 0.6) is 5.75 Å². The van der Waals surface area contributed by atoms with Gasteiger partial charge in [-0.1, -0.05) is 119 Å². The predicted octanol–water partition coefficient (Wildman–Crippen LogP) is 9.83. The smallest absolute Gasteiger partial charge is 0.256 e. The molecule has 0 saturated heterocycles. The predicted molar refractivity (Wildman–Crippen MR) is 223 cm³/mol. The lowest BCUT2D eigenvalue weighted by atomic mass is 9.92. The van der Waals surface area contributed by atoms with Gasteiger partial charge in [-0.3, -0.25) is 4.79 Å². The Hall–Kier alpha value is -6.65. The molecule has 1 aliphatic heterocycles. The Bertz CT molecular complexity index is 2620. The van der Waals surface area contributed by atoms with Crippen LogP contribution in [-0.4, -0.2) is 10.9 Å². The summed E-state index contributed by atoms with van der Waals surface area (Å²) in [5.74, 6) is 1.03. The van der Waals surface area contributed by atoms with Crippen LogP contribution in [-0.2, 0) is 19.3 Å². The fourth-order valence-electron chi connectivity index (χ4n) is 6.94. The second-order valence-corrected chi connectivity index (χ2v) is 13.9. The number of nitrogens with one attached hydrogen (secondary N) is 2. The van der Waals surface area contributed by atoms with Gasteiger partial charge >= 0.3 is 0 Å². The van der Waals surface area contributed by atoms with Gasteiger partial charge in [0.15, 0.2) is 0 Å². The van der Waals surface area contributed by atoms with Crippen LogP contribution in [0.15, 0.2) is 136 Å². The summed E-state index contributed by atoms with van der Waals surface area (Å²) >= 11 is 0. The number of ether oxygens (including phenoxy) is 1. The fraction of sp³-hybridized carbons (Fsp3) is 0.0816. The highest BCUT2D eigenvalue weighted by Gasteiger charge is 2.23. The largest absolute Gasteiger partial charge is 0.457 e. The SMILES string of the molecule is C=C(Cc1ccc(CC(=C)c2ccc(CC(=C)c3ccc4c(=C)[nH]c(=C)c4c3)cc2)c(C)c1)c1ccc(OC(=C)c2ccc3c(c2)C(=C)NC3=O)cc1. The number of benzene rings is 5. The number of carbonyl (C=O) groups excluding carboxylic acids is 1. The van der Waals surface area contributed by atoms with Crippen LogP contribution in [0.25, 0.3) is 52.1 Å². The maximum absolute atomic E-state index is 12.0. The molecule has 4 nitrogen and oxygen atoms in total. The molecule has 1 amide bonds. The standard InChI is InChI=1S/C49H42N2O2/c1-29(40-15-19-44(20-16-40)53-36(8)43-18-22-46-48(28-43)35(7)51-49(46)52)24-38-11-14-41(31(3)25-38)26-32(4)39-12-9-37(10-13-39)23-30(2)42-17-21-45-33(5)50-34(6)47(45)27-42/h9-22,25,27-28,50H,1-2,4-8,23-24,26H2,3H3,(H,51,52). The topological polar surface area (TPSA) is 54.1 Å². The summed E-state index contributed by atoms with van der Waals surface area (Å²) in [6.45, 7) is 31.6. The number of fused-ring (bicyclic) bond motifs is 2. The molecular weight excluding hydrogens is 649 g/mol. The zero-order valence-corrected chi connectivity index (χ0v) is 30.2. The molecule has 0 unspecified atom stereocenters. The molecule has 0 aliphatic carbocycles. The average molecular weight is 691 g/mol. The third kappa shape index (κ3) is 7.26. The molecule has 0 spiro atoms. The summed E-state index contributed by atoms with van der Waals surface area (Å²) in [5, 5.41) is 6.71. The van der Waals surface area contributed by atoms with Gasteiger partial charge in [0, 0.05) is 43.9 Å². The van der Waals surface area contributed by atoms with Crippen molar-refractivity contribution in [3.05, 3.63) is 202 Å². The van der Waals surface area contributed by atoms with Crippen LogP contribution in [0.4, 0.5) is 0 Å². The van der Waals surface area contributed by atoms with Gasteiger partial charge in [0.2, 0.25) is 0 Å². The van der Waals surface area contributed by atoms with E-state index in [9.17, 15) is 4.79 Å². The molecule has 4 heteroatoms. The summed E-state index contributed by atoms with van der Waals surface area (Å²) in [4.78, 5) is 15.2. The highest BCUT2D eigenvalue weighted by molar-refractivity contribution is 6.09. The van der Waals surface area contributed by atoms with E-state index in [1.54, 1.807) is 6.07 Å². The van der Waals surface area contributed by atoms with Crippen molar-refractivity contribution in [1.82, 2.24) is 10.3 Å².